The van der Waals surface area contributed by atoms with Gasteiger partial charge in [0.15, 0.2) is 0 Å². The maximum absolute atomic E-state index is 12.9. The predicted molar refractivity (Wildman–Crippen MR) is 99.7 cm³/mol. The zero-order valence-corrected chi connectivity index (χ0v) is 15.9. The van der Waals surface area contributed by atoms with Crippen molar-refractivity contribution in [3.8, 4) is 11.8 Å². The number of rotatable bonds is 2. The molecular formula is C22H25NO3. The number of amides is 1. The smallest absolute Gasteiger partial charge is 0.222 e. The van der Waals surface area contributed by atoms with Gasteiger partial charge in [-0.05, 0) is 67.9 Å². The van der Waals surface area contributed by atoms with Crippen LogP contribution in [0.3, 0.4) is 0 Å². The average molecular weight is 351 g/mol. The first-order chi connectivity index (χ1) is 12.3. The highest BCUT2D eigenvalue weighted by Crippen LogP contribution is 2.55. The van der Waals surface area contributed by atoms with E-state index in [1.165, 1.54) is 0 Å². The molecule has 26 heavy (non-hydrogen) atoms. The van der Waals surface area contributed by atoms with Crippen molar-refractivity contribution in [2.75, 3.05) is 7.05 Å². The fourth-order valence-corrected chi connectivity index (χ4v) is 4.82. The van der Waals surface area contributed by atoms with E-state index in [0.29, 0.717) is 25.7 Å². The molecule has 0 unspecified atom stereocenters. The van der Waals surface area contributed by atoms with Gasteiger partial charge in [-0.25, -0.2) is 0 Å². The highest BCUT2D eigenvalue weighted by Gasteiger charge is 2.54. The fourth-order valence-electron chi connectivity index (χ4n) is 4.82. The Bertz CT molecular complexity index is 807. The first kappa shape index (κ1) is 18.4. The summed E-state index contributed by atoms with van der Waals surface area (Å²) in [5.41, 5.74) is 3.35. The van der Waals surface area contributed by atoms with Crippen molar-refractivity contribution in [3.05, 3.63) is 34.4 Å². The van der Waals surface area contributed by atoms with Crippen molar-refractivity contribution in [1.82, 2.24) is 5.32 Å². The summed E-state index contributed by atoms with van der Waals surface area (Å²) >= 11 is 0. The molecule has 4 nitrogen and oxygen atoms in total. The van der Waals surface area contributed by atoms with Crippen molar-refractivity contribution in [2.45, 2.75) is 52.4 Å². The molecule has 1 spiro atoms. The molecular weight excluding hydrogens is 326 g/mol. The minimum Gasteiger partial charge on any atom is -0.359 e. The zero-order chi connectivity index (χ0) is 19.1. The van der Waals surface area contributed by atoms with E-state index in [0.717, 1.165) is 22.3 Å². The van der Waals surface area contributed by atoms with E-state index in [2.05, 4.69) is 17.2 Å². The van der Waals surface area contributed by atoms with E-state index in [-0.39, 0.29) is 28.8 Å². The molecule has 0 heterocycles. The number of carbonyl (C=O) groups excluding carboxylic acids is 3. The first-order valence-corrected chi connectivity index (χ1v) is 9.11. The lowest BCUT2D eigenvalue weighted by Gasteiger charge is -2.49. The standard InChI is InChI=1S/C22H25NO3/c1-5-6-15-7-13(2)19(14(3)8-15)20-17(24)11-22(12-18(20)25)9-16(10-22)21(26)23-4/h7-8,16,20H,9-12H2,1-4H3,(H,23,26). The largest absolute Gasteiger partial charge is 0.359 e. The maximum Gasteiger partial charge on any atom is 0.222 e. The van der Waals surface area contributed by atoms with Crippen LogP contribution in [0.1, 0.15) is 60.8 Å². The van der Waals surface area contributed by atoms with Crippen LogP contribution in [-0.2, 0) is 14.4 Å². The van der Waals surface area contributed by atoms with Crippen LogP contribution in [-0.4, -0.2) is 24.5 Å². The van der Waals surface area contributed by atoms with Crippen molar-refractivity contribution in [3.63, 3.8) is 0 Å². The second kappa shape index (κ2) is 6.72. The molecule has 0 atom stereocenters. The lowest BCUT2D eigenvalue weighted by atomic mass is 9.53. The van der Waals surface area contributed by atoms with Crippen LogP contribution in [0.25, 0.3) is 0 Å². The van der Waals surface area contributed by atoms with Gasteiger partial charge >= 0.3 is 0 Å². The van der Waals surface area contributed by atoms with E-state index in [4.69, 9.17) is 0 Å². The summed E-state index contributed by atoms with van der Waals surface area (Å²) in [4.78, 5) is 37.6. The van der Waals surface area contributed by atoms with Gasteiger partial charge in [-0.2, -0.15) is 0 Å². The number of carbonyl (C=O) groups is 3. The van der Waals surface area contributed by atoms with Crippen LogP contribution in [0.5, 0.6) is 0 Å². The Balaban J connectivity index is 1.84. The van der Waals surface area contributed by atoms with Gasteiger partial charge in [-0.15, -0.1) is 5.92 Å². The molecule has 0 bridgehead atoms. The average Bonchev–Trinajstić information content (AvgIpc) is 2.53. The fraction of sp³-hybridized carbons (Fsp3) is 0.500. The molecule has 0 aliphatic heterocycles. The molecule has 0 aromatic heterocycles. The van der Waals surface area contributed by atoms with E-state index >= 15 is 0 Å². The molecule has 0 radical (unpaired) electrons. The molecule has 1 aromatic carbocycles. The van der Waals surface area contributed by atoms with Crippen LogP contribution in [0.4, 0.5) is 0 Å². The Kier molecular flexibility index (Phi) is 4.75. The molecule has 3 rings (SSSR count). The van der Waals surface area contributed by atoms with E-state index in [9.17, 15) is 14.4 Å². The van der Waals surface area contributed by atoms with Crippen LogP contribution < -0.4 is 5.32 Å². The summed E-state index contributed by atoms with van der Waals surface area (Å²) in [5, 5.41) is 2.66. The lowest BCUT2D eigenvalue weighted by Crippen LogP contribution is -2.50. The van der Waals surface area contributed by atoms with E-state index < -0.39 is 5.92 Å². The summed E-state index contributed by atoms with van der Waals surface area (Å²) in [6.45, 7) is 5.68. The minimum atomic E-state index is -0.664. The normalized spacial score (nSPS) is 27.5. The van der Waals surface area contributed by atoms with Crippen LogP contribution in [0, 0.1) is 37.0 Å². The monoisotopic (exact) mass is 351 g/mol. The van der Waals surface area contributed by atoms with Crippen molar-refractivity contribution < 1.29 is 14.4 Å². The Morgan fingerprint density at radius 1 is 1.12 bits per heavy atom. The van der Waals surface area contributed by atoms with Gasteiger partial charge in [-0.3, -0.25) is 14.4 Å². The molecule has 2 fully saturated rings. The topological polar surface area (TPSA) is 63.2 Å². The highest BCUT2D eigenvalue weighted by molar-refractivity contribution is 6.11. The number of hydrogen-bond acceptors (Lipinski definition) is 3. The maximum atomic E-state index is 12.9. The third kappa shape index (κ3) is 3.07. The van der Waals surface area contributed by atoms with Gasteiger partial charge in [-0.1, -0.05) is 5.92 Å². The lowest BCUT2D eigenvalue weighted by molar-refractivity contribution is -0.147. The predicted octanol–water partition coefficient (Wildman–Crippen LogP) is 2.83. The van der Waals surface area contributed by atoms with Crippen LogP contribution in [0.2, 0.25) is 0 Å². The third-order valence-electron chi connectivity index (χ3n) is 5.87. The Morgan fingerprint density at radius 3 is 2.12 bits per heavy atom. The Labute approximate surface area is 154 Å². The molecule has 2 aliphatic carbocycles. The van der Waals surface area contributed by atoms with Crippen LogP contribution in [0.15, 0.2) is 12.1 Å². The quantitative estimate of drug-likeness (QED) is 0.658. The van der Waals surface area contributed by atoms with Gasteiger partial charge in [0, 0.05) is 31.4 Å². The number of Topliss-reactive ketones (excluding diaryl/α,β-unsaturated/α-hetero) is 2. The summed E-state index contributed by atoms with van der Waals surface area (Å²) in [6, 6.07) is 3.91. The molecule has 136 valence electrons. The second-order valence-electron chi connectivity index (χ2n) is 7.84. The molecule has 1 N–H and O–H groups in total. The molecule has 1 aromatic rings. The van der Waals surface area contributed by atoms with Gasteiger partial charge in [0.1, 0.15) is 17.5 Å². The summed E-state index contributed by atoms with van der Waals surface area (Å²) in [7, 11) is 1.62. The van der Waals surface area contributed by atoms with Crippen molar-refractivity contribution >= 4 is 17.5 Å². The van der Waals surface area contributed by atoms with Gasteiger partial charge in [0.05, 0.1) is 0 Å². The Hall–Kier alpha value is -2.41. The molecule has 4 heteroatoms. The summed E-state index contributed by atoms with van der Waals surface area (Å²) < 4.78 is 0. The third-order valence-corrected chi connectivity index (χ3v) is 5.87. The molecule has 1 amide bonds. The van der Waals surface area contributed by atoms with Crippen LogP contribution >= 0.6 is 0 Å². The minimum absolute atomic E-state index is 0.00266. The zero-order valence-electron chi connectivity index (χ0n) is 15.9. The summed E-state index contributed by atoms with van der Waals surface area (Å²) in [6.07, 6.45) is 2.07. The van der Waals surface area contributed by atoms with Crippen molar-refractivity contribution in [2.24, 2.45) is 11.3 Å². The van der Waals surface area contributed by atoms with Gasteiger partial charge < -0.3 is 5.32 Å². The van der Waals surface area contributed by atoms with E-state index in [1.54, 1.807) is 14.0 Å². The highest BCUT2D eigenvalue weighted by atomic mass is 16.2. The Morgan fingerprint density at radius 2 is 1.65 bits per heavy atom. The number of ketones is 2. The molecule has 2 aliphatic rings. The van der Waals surface area contributed by atoms with E-state index in [1.807, 2.05) is 26.0 Å². The molecule has 2 saturated carbocycles. The van der Waals surface area contributed by atoms with Gasteiger partial charge in [0.25, 0.3) is 0 Å². The number of aryl methyl sites for hydroxylation is 2. The van der Waals surface area contributed by atoms with Crippen molar-refractivity contribution in [1.29, 1.82) is 0 Å². The number of nitrogens with one attached hydrogen (secondary N) is 1. The number of benzene rings is 1. The second-order valence-corrected chi connectivity index (χ2v) is 7.84. The molecule has 0 saturated heterocycles. The first-order valence-electron chi connectivity index (χ1n) is 9.11. The summed E-state index contributed by atoms with van der Waals surface area (Å²) in [5.74, 6) is 5.20. The SMILES string of the molecule is CC#Cc1cc(C)c(C2C(=O)CC3(CC2=O)CC(C(=O)NC)C3)c(C)c1. The number of hydrogen-bond donors (Lipinski definition) is 1. The van der Waals surface area contributed by atoms with Gasteiger partial charge in [0.2, 0.25) is 5.91 Å².